The van der Waals surface area contributed by atoms with Crippen LogP contribution in [0.5, 0.6) is 0 Å². The van der Waals surface area contributed by atoms with Gasteiger partial charge in [0, 0.05) is 15.6 Å². The first-order valence-electron chi connectivity index (χ1n) is 8.35. The molecule has 0 spiro atoms. The van der Waals surface area contributed by atoms with Gasteiger partial charge < -0.3 is 0 Å². The van der Waals surface area contributed by atoms with Gasteiger partial charge in [0.15, 0.2) is 0 Å². The number of thiophene rings is 1. The molecule has 0 bridgehead atoms. The average molecular weight is 363 g/mol. The number of allylic oxidation sites excluding steroid dienone is 1. The van der Waals surface area contributed by atoms with E-state index in [4.69, 9.17) is 11.6 Å². The standard InChI is InChI=1S/C21H15ClN2S/c1-12-6-7-14-11-15(9-8-13(14)10-12)18-20-19(24-21(22)23-18)16-4-2-3-5-17(16)25-20/h2-9,11-12H,10H2,1H3. The van der Waals surface area contributed by atoms with E-state index < -0.39 is 0 Å². The summed E-state index contributed by atoms with van der Waals surface area (Å²) in [7, 11) is 0. The quantitative estimate of drug-likeness (QED) is 0.367. The minimum Gasteiger partial charge on any atom is -0.216 e. The van der Waals surface area contributed by atoms with Crippen LogP contribution in [-0.4, -0.2) is 9.97 Å². The fourth-order valence-electron chi connectivity index (χ4n) is 3.53. The van der Waals surface area contributed by atoms with Gasteiger partial charge in [0.05, 0.1) is 15.9 Å². The molecule has 0 amide bonds. The highest BCUT2D eigenvalue weighted by Crippen LogP contribution is 2.39. The molecule has 4 aromatic rings. The maximum Gasteiger partial charge on any atom is 0.223 e. The van der Waals surface area contributed by atoms with Gasteiger partial charge in [0.2, 0.25) is 5.28 Å². The van der Waals surface area contributed by atoms with Crippen molar-refractivity contribution in [3.8, 4) is 11.3 Å². The van der Waals surface area contributed by atoms with Crippen LogP contribution in [0.1, 0.15) is 18.1 Å². The van der Waals surface area contributed by atoms with Crippen LogP contribution < -0.4 is 0 Å². The second-order valence-corrected chi connectivity index (χ2v) is 7.96. The van der Waals surface area contributed by atoms with Crippen LogP contribution in [0.2, 0.25) is 5.28 Å². The smallest absolute Gasteiger partial charge is 0.216 e. The van der Waals surface area contributed by atoms with Crippen LogP contribution in [0.4, 0.5) is 0 Å². The monoisotopic (exact) mass is 362 g/mol. The van der Waals surface area contributed by atoms with E-state index in [0.717, 1.165) is 33.3 Å². The zero-order chi connectivity index (χ0) is 17.0. The predicted octanol–water partition coefficient (Wildman–Crippen LogP) is 6.37. The Balaban J connectivity index is 1.78. The number of benzene rings is 2. The highest BCUT2D eigenvalue weighted by Gasteiger charge is 2.16. The van der Waals surface area contributed by atoms with Crippen molar-refractivity contribution >= 4 is 49.3 Å². The van der Waals surface area contributed by atoms with Gasteiger partial charge in [-0.25, -0.2) is 9.97 Å². The third kappa shape index (κ3) is 2.46. The molecule has 122 valence electrons. The Morgan fingerprint density at radius 1 is 1.12 bits per heavy atom. The second-order valence-electron chi connectivity index (χ2n) is 6.57. The zero-order valence-electron chi connectivity index (χ0n) is 13.7. The molecule has 1 aliphatic carbocycles. The van der Waals surface area contributed by atoms with Gasteiger partial charge in [-0.2, -0.15) is 0 Å². The van der Waals surface area contributed by atoms with Gasteiger partial charge in [-0.3, -0.25) is 0 Å². The van der Waals surface area contributed by atoms with Crippen LogP contribution in [0, 0.1) is 5.92 Å². The summed E-state index contributed by atoms with van der Waals surface area (Å²) in [5.74, 6) is 0.598. The molecule has 5 rings (SSSR count). The molecular weight excluding hydrogens is 348 g/mol. The summed E-state index contributed by atoms with van der Waals surface area (Å²) in [6.45, 7) is 2.25. The second kappa shape index (κ2) is 5.65. The van der Waals surface area contributed by atoms with Crippen molar-refractivity contribution in [2.45, 2.75) is 13.3 Å². The largest absolute Gasteiger partial charge is 0.223 e. The lowest BCUT2D eigenvalue weighted by atomic mass is 9.89. The Kier molecular flexibility index (Phi) is 3.40. The van der Waals surface area contributed by atoms with E-state index in [1.807, 2.05) is 6.07 Å². The van der Waals surface area contributed by atoms with E-state index in [2.05, 4.69) is 65.4 Å². The summed E-state index contributed by atoms with van der Waals surface area (Å²) in [6, 6.07) is 14.9. The lowest BCUT2D eigenvalue weighted by Gasteiger charge is -2.16. The molecule has 0 saturated heterocycles. The molecule has 2 nitrogen and oxygen atoms in total. The number of rotatable bonds is 1. The number of fused-ring (bicyclic) bond motifs is 4. The minimum absolute atomic E-state index is 0.299. The lowest BCUT2D eigenvalue weighted by molar-refractivity contribution is 0.717. The fraction of sp³-hybridized carbons (Fsp3) is 0.143. The van der Waals surface area contributed by atoms with Crippen molar-refractivity contribution in [1.29, 1.82) is 0 Å². The molecule has 0 fully saturated rings. The Morgan fingerprint density at radius 2 is 2.00 bits per heavy atom. The molecule has 25 heavy (non-hydrogen) atoms. The number of halogens is 1. The van der Waals surface area contributed by atoms with Crippen LogP contribution >= 0.6 is 22.9 Å². The Bertz CT molecular complexity index is 1160. The van der Waals surface area contributed by atoms with Gasteiger partial charge in [-0.15, -0.1) is 11.3 Å². The zero-order valence-corrected chi connectivity index (χ0v) is 15.2. The number of nitrogens with zero attached hydrogens (tertiary/aromatic N) is 2. The van der Waals surface area contributed by atoms with E-state index in [0.29, 0.717) is 11.2 Å². The molecule has 1 unspecified atom stereocenters. The lowest BCUT2D eigenvalue weighted by Crippen LogP contribution is -2.03. The third-order valence-electron chi connectivity index (χ3n) is 4.76. The number of hydrogen-bond donors (Lipinski definition) is 0. The number of aromatic nitrogens is 2. The first-order valence-corrected chi connectivity index (χ1v) is 9.55. The van der Waals surface area contributed by atoms with E-state index >= 15 is 0 Å². The summed E-state index contributed by atoms with van der Waals surface area (Å²) in [6.07, 6.45) is 5.58. The maximum atomic E-state index is 6.26. The molecule has 2 heterocycles. The summed E-state index contributed by atoms with van der Waals surface area (Å²) < 4.78 is 2.31. The SMILES string of the molecule is CC1C=Cc2cc(-c3nc(Cl)nc4c3sc3ccccc34)ccc2C1. The van der Waals surface area contributed by atoms with Gasteiger partial charge >= 0.3 is 0 Å². The first kappa shape index (κ1) is 15.1. The molecule has 4 heteroatoms. The van der Waals surface area contributed by atoms with Crippen molar-refractivity contribution in [2.24, 2.45) is 5.92 Å². The van der Waals surface area contributed by atoms with Gasteiger partial charge in [0.25, 0.3) is 0 Å². The van der Waals surface area contributed by atoms with E-state index in [-0.39, 0.29) is 0 Å². The van der Waals surface area contributed by atoms with E-state index in [1.165, 1.54) is 15.8 Å². The van der Waals surface area contributed by atoms with Crippen molar-refractivity contribution in [3.05, 3.63) is 65.0 Å². The Labute approximate surface area is 154 Å². The molecule has 0 radical (unpaired) electrons. The highest BCUT2D eigenvalue weighted by molar-refractivity contribution is 7.26. The minimum atomic E-state index is 0.299. The summed E-state index contributed by atoms with van der Waals surface area (Å²) in [4.78, 5) is 9.07. The number of hydrogen-bond acceptors (Lipinski definition) is 3. The molecule has 0 N–H and O–H groups in total. The topological polar surface area (TPSA) is 25.8 Å². The van der Waals surface area contributed by atoms with Crippen LogP contribution in [-0.2, 0) is 6.42 Å². The Hall–Kier alpha value is -2.23. The normalized spacial score (nSPS) is 16.5. The highest BCUT2D eigenvalue weighted by atomic mass is 35.5. The van der Waals surface area contributed by atoms with Gasteiger partial charge in [-0.05, 0) is 47.2 Å². The summed E-state index contributed by atoms with van der Waals surface area (Å²) >= 11 is 7.99. The Morgan fingerprint density at radius 3 is 2.92 bits per heavy atom. The maximum absolute atomic E-state index is 6.26. The van der Waals surface area contributed by atoms with Gasteiger partial charge in [0.1, 0.15) is 0 Å². The van der Waals surface area contributed by atoms with Crippen LogP contribution in [0.3, 0.4) is 0 Å². The van der Waals surface area contributed by atoms with Gasteiger partial charge in [-0.1, -0.05) is 49.4 Å². The predicted molar refractivity (Wildman–Crippen MR) is 107 cm³/mol. The molecule has 2 aromatic heterocycles. The van der Waals surface area contributed by atoms with Crippen molar-refractivity contribution in [3.63, 3.8) is 0 Å². The third-order valence-corrected chi connectivity index (χ3v) is 6.09. The van der Waals surface area contributed by atoms with Crippen LogP contribution in [0.15, 0.2) is 48.5 Å². The molecule has 1 atom stereocenters. The summed E-state index contributed by atoms with van der Waals surface area (Å²) in [5.41, 5.74) is 5.63. The van der Waals surface area contributed by atoms with E-state index in [1.54, 1.807) is 11.3 Å². The molecule has 1 aliphatic rings. The first-order chi connectivity index (χ1) is 12.2. The van der Waals surface area contributed by atoms with Crippen molar-refractivity contribution in [1.82, 2.24) is 9.97 Å². The van der Waals surface area contributed by atoms with E-state index in [9.17, 15) is 0 Å². The van der Waals surface area contributed by atoms with Crippen LogP contribution in [0.25, 0.3) is 37.6 Å². The fourth-order valence-corrected chi connectivity index (χ4v) is 4.85. The van der Waals surface area contributed by atoms with Crippen molar-refractivity contribution in [2.75, 3.05) is 0 Å². The summed E-state index contributed by atoms with van der Waals surface area (Å²) in [5, 5.41) is 1.44. The average Bonchev–Trinajstić information content (AvgIpc) is 2.99. The molecular formula is C21H15ClN2S. The van der Waals surface area contributed by atoms with Crippen molar-refractivity contribution < 1.29 is 0 Å². The molecule has 2 aromatic carbocycles. The molecule has 0 saturated carbocycles. The molecule has 0 aliphatic heterocycles.